The Morgan fingerprint density at radius 1 is 0.323 bits per heavy atom. The summed E-state index contributed by atoms with van der Waals surface area (Å²) in [6.07, 6.45) is 2.01. The van der Waals surface area contributed by atoms with Crippen LogP contribution in [0.2, 0.25) is 10.0 Å². The average Bonchev–Trinajstić information content (AvgIpc) is 1.46. The van der Waals surface area contributed by atoms with Gasteiger partial charge in [-0.1, -0.05) is 204 Å². The molecule has 33 heteroatoms. The van der Waals surface area contributed by atoms with Crippen molar-refractivity contribution in [3.63, 3.8) is 0 Å². The molecule has 0 aliphatic heterocycles. The van der Waals surface area contributed by atoms with Crippen molar-refractivity contribution in [3.05, 3.63) is 370 Å². The van der Waals surface area contributed by atoms with Crippen molar-refractivity contribution in [2.75, 3.05) is 31.9 Å². The fourth-order valence-electron chi connectivity index (χ4n) is 13.3. The summed E-state index contributed by atoms with van der Waals surface area (Å²) in [4.78, 5) is 133. The molecule has 0 spiro atoms. The van der Waals surface area contributed by atoms with Gasteiger partial charge < -0.3 is 57.4 Å². The van der Waals surface area contributed by atoms with Crippen molar-refractivity contribution in [2.45, 2.75) is 47.5 Å². The van der Waals surface area contributed by atoms with Crippen molar-refractivity contribution < 1.29 is 78.3 Å². The fourth-order valence-corrected chi connectivity index (χ4v) is 20.1. The Balaban J connectivity index is 0.000000150. The molecule has 0 atom stereocenters. The summed E-state index contributed by atoms with van der Waals surface area (Å²) in [5, 5.41) is 78.5. The van der Waals surface area contributed by atoms with E-state index in [1.165, 1.54) is 46.5 Å². The Labute approximate surface area is 821 Å². The number of carboxylic acid groups (broad SMARTS) is 5. The molecular weight excluding hydrogens is 2040 g/mol. The predicted octanol–water partition coefficient (Wildman–Crippen LogP) is 28.5. The Hall–Kier alpha value is -13.2. The van der Waals surface area contributed by atoms with Gasteiger partial charge >= 0.3 is 29.8 Å². The maximum atomic E-state index is 12.7. The molecule has 0 aliphatic carbocycles. The topological polar surface area (TPSA) is 361 Å². The number of thiophene rings is 6. The average molecular weight is 2120 g/mol. The maximum absolute atomic E-state index is 12.7. The Bertz CT molecular complexity index is 7080. The van der Waals surface area contributed by atoms with Crippen molar-refractivity contribution in [1.82, 2.24) is 0 Å². The summed E-state index contributed by atoms with van der Waals surface area (Å²) in [5.41, 5.74) is 13.9. The zero-order valence-electron chi connectivity index (χ0n) is 70.5. The zero-order chi connectivity index (χ0) is 95.4. The summed E-state index contributed by atoms with van der Waals surface area (Å²) in [6, 6.07) is 69.9. The lowest BCUT2D eigenvalue weighted by atomic mass is 10.0. The van der Waals surface area contributed by atoms with Crippen LogP contribution in [0.4, 0.5) is 30.7 Å². The summed E-state index contributed by atoms with van der Waals surface area (Å²) >= 11 is 29.8. The number of carbonyl (C=O) groups excluding carboxylic acids is 6. The number of hydrogen-bond acceptors (Lipinski definition) is 17. The molecule has 133 heavy (non-hydrogen) atoms. The van der Waals surface area contributed by atoms with Crippen LogP contribution >= 0.6 is 139 Å². The first kappa shape index (κ1) is 98.9. The van der Waals surface area contributed by atoms with Gasteiger partial charge in [-0.2, -0.15) is 0 Å². The highest BCUT2D eigenvalue weighted by Gasteiger charge is 2.29. The summed E-state index contributed by atoms with van der Waals surface area (Å²) in [5.74, 6) is -7.42. The van der Waals surface area contributed by atoms with E-state index >= 15 is 0 Å². The molecule has 22 nitrogen and oxygen atoms in total. The van der Waals surface area contributed by atoms with Gasteiger partial charge in [0.1, 0.15) is 52.8 Å². The molecule has 6 heterocycles. The van der Waals surface area contributed by atoms with Gasteiger partial charge in [0.2, 0.25) is 5.91 Å². The number of halogens is 5. The third-order valence-corrected chi connectivity index (χ3v) is 27.2. The Kier molecular flexibility index (Phi) is 34.0. The van der Waals surface area contributed by atoms with Crippen LogP contribution < -0.4 is 31.9 Å². The molecule has 0 bridgehead atoms. The number of aryl methyl sites for hydroxylation is 4. The second-order valence-electron chi connectivity index (χ2n) is 29.2. The van der Waals surface area contributed by atoms with Gasteiger partial charge in [-0.05, 0) is 199 Å². The molecule has 0 radical (unpaired) electrons. The lowest BCUT2D eigenvalue weighted by molar-refractivity contribution is -0.114. The second kappa shape index (κ2) is 45.8. The van der Waals surface area contributed by atoms with Crippen LogP contribution in [0.25, 0.3) is 65.7 Å². The van der Waals surface area contributed by atoms with E-state index in [1.807, 2.05) is 166 Å². The van der Waals surface area contributed by atoms with E-state index < -0.39 is 35.8 Å². The van der Waals surface area contributed by atoms with Crippen molar-refractivity contribution in [1.29, 1.82) is 0 Å². The largest absolute Gasteiger partial charge is 0.478 e. The zero-order valence-corrected chi connectivity index (χ0v) is 81.6. The number of anilines is 6. The molecule has 0 saturated carbocycles. The highest BCUT2D eigenvalue weighted by molar-refractivity contribution is 9.11. The van der Waals surface area contributed by atoms with E-state index in [0.717, 1.165) is 98.0 Å². The number of carbonyl (C=O) groups is 11. The van der Waals surface area contributed by atoms with Crippen LogP contribution in [0.5, 0.6) is 0 Å². The van der Waals surface area contributed by atoms with Gasteiger partial charge in [0.25, 0.3) is 29.5 Å². The number of amides is 6. The highest BCUT2D eigenvalue weighted by atomic mass is 79.9. The van der Waals surface area contributed by atoms with Crippen LogP contribution in [-0.4, -0.2) is 90.8 Å². The Morgan fingerprint density at radius 3 is 1.00 bits per heavy atom. The molecular formula is C100H75Br3Cl2N6O16S6. The number of carboxylic acids is 5. The standard InChI is InChI=1S/C21H18BrNO3S.C21H15NO3S2.C20H15BrN2O4S.C19H14BrNO3S.C19H13Cl2NO3S/c1-2-3-13-4-6-15(7-5-13)19(24)23-20-18(21(25)26)17(12-27-20)14-8-10-16(22)11-9-14;1-12-2-4-13(5-3-12)16-11-27-20(18(16)21(24)25)22-19(23)15-6-7-17-14(10-15)8-9-26-17;1-11(24)22-15-8-4-13(5-9-15)18(25)23-19-17(20(26)27)16(10-28-19)12-2-6-14(21)7-3-12;1-11-3-2-4-13(9-11)17(22)21-18-16(19(23)24)15(10-25-18)12-5-7-14(20)8-6-12;1-10-3-2-4-11(7-10)17(23)22-18-16(19(24)25)14(9-26-18)13-6-5-12(20)8-15(13)21/h4-12H,2-3H2,1H3,(H,23,24)(H,25,26);2-11H,1H3,(H,22,23)(H,24,25);2-10H,1H3,(H,22,24)(H,23,25)(H,26,27);2-10H,1H3,(H,21,22)(H,23,24);2-9H,1H3,(H,22,23)(H,24,25). The van der Waals surface area contributed by atoms with E-state index in [0.29, 0.717) is 91.9 Å². The van der Waals surface area contributed by atoms with Gasteiger partial charge in [-0.25, -0.2) is 24.0 Å². The first-order valence-corrected chi connectivity index (χ1v) is 48.3. The maximum Gasteiger partial charge on any atom is 0.339 e. The van der Waals surface area contributed by atoms with Crippen LogP contribution in [0, 0.1) is 20.8 Å². The molecule has 0 saturated heterocycles. The number of rotatable bonds is 23. The summed E-state index contributed by atoms with van der Waals surface area (Å²) in [6.45, 7) is 9.26. The third kappa shape index (κ3) is 25.8. The minimum absolute atomic E-state index is 0.000209. The molecule has 0 aliphatic rings. The van der Waals surface area contributed by atoms with Crippen LogP contribution in [0.15, 0.2) is 282 Å². The van der Waals surface area contributed by atoms with Gasteiger partial charge in [0, 0.05) is 129 Å². The normalized spacial score (nSPS) is 10.6. The number of hydrogen-bond donors (Lipinski definition) is 11. The quantitative estimate of drug-likeness (QED) is 0.0283. The predicted molar refractivity (Wildman–Crippen MR) is 547 cm³/mol. The highest BCUT2D eigenvalue weighted by Crippen LogP contribution is 2.44. The molecule has 6 aromatic heterocycles. The molecule has 10 aromatic carbocycles. The number of benzene rings is 10. The number of aromatic carboxylic acids is 5. The molecule has 0 fully saturated rings. The fraction of sp³-hybridized carbons (Fsp3) is 0.0700. The smallest absolute Gasteiger partial charge is 0.339 e. The second-order valence-corrected chi connectivity index (χ2v) is 38.1. The van der Waals surface area contributed by atoms with Gasteiger partial charge in [-0.3, -0.25) is 28.8 Å². The van der Waals surface area contributed by atoms with Gasteiger partial charge in [0.05, 0.1) is 0 Å². The lowest BCUT2D eigenvalue weighted by Crippen LogP contribution is -2.14. The minimum atomic E-state index is -1.15. The van der Waals surface area contributed by atoms with E-state index in [4.69, 9.17) is 23.2 Å². The first-order valence-electron chi connectivity index (χ1n) is 39.9. The molecule has 0 unspecified atom stereocenters. The van der Waals surface area contributed by atoms with E-state index in [9.17, 15) is 78.3 Å². The molecule has 16 aromatic rings. The van der Waals surface area contributed by atoms with E-state index in [-0.39, 0.29) is 67.4 Å². The molecule has 672 valence electrons. The van der Waals surface area contributed by atoms with Crippen molar-refractivity contribution in [3.8, 4) is 55.6 Å². The summed E-state index contributed by atoms with van der Waals surface area (Å²) in [7, 11) is 0. The SMILES string of the molecule is CC(=O)Nc1ccc(C(=O)Nc2scc(-c3ccc(Br)cc3)c2C(=O)O)cc1.CCCc1ccc(C(=O)Nc2scc(-c3ccc(Br)cc3)c2C(=O)O)cc1.Cc1ccc(-c2csc(NC(=O)c3ccc4sccc4c3)c2C(=O)O)cc1.Cc1cccc(C(=O)Nc2scc(-c3ccc(Br)cc3)c2C(=O)O)c1.Cc1cccc(C(=O)Nc2scc(-c3ccc(Cl)cc3Cl)c2C(=O)O)c1. The van der Waals surface area contributed by atoms with Crippen LogP contribution in [-0.2, 0) is 11.2 Å². The lowest BCUT2D eigenvalue weighted by Gasteiger charge is -2.08. The molecule has 16 rings (SSSR count). The molecule has 11 N–H and O–H groups in total. The Morgan fingerprint density at radius 2 is 0.654 bits per heavy atom. The van der Waals surface area contributed by atoms with Crippen LogP contribution in [0.1, 0.15) is 146 Å². The molecule has 6 amide bonds. The third-order valence-electron chi connectivity index (χ3n) is 19.7. The minimum Gasteiger partial charge on any atom is -0.478 e. The van der Waals surface area contributed by atoms with Gasteiger partial charge in [-0.15, -0.1) is 68.0 Å². The van der Waals surface area contributed by atoms with E-state index in [2.05, 4.69) is 86.6 Å². The van der Waals surface area contributed by atoms with Gasteiger partial charge in [0.15, 0.2) is 0 Å². The monoisotopic (exact) mass is 2110 g/mol. The number of nitrogens with one attached hydrogen (secondary N) is 6. The van der Waals surface area contributed by atoms with Crippen molar-refractivity contribution >= 4 is 245 Å². The number of fused-ring (bicyclic) bond motifs is 1. The first-order chi connectivity index (χ1) is 63.7. The van der Waals surface area contributed by atoms with Crippen LogP contribution in [0.3, 0.4) is 0 Å². The van der Waals surface area contributed by atoms with Crippen molar-refractivity contribution in [2.24, 2.45) is 0 Å². The van der Waals surface area contributed by atoms with E-state index in [1.54, 1.807) is 135 Å². The summed E-state index contributed by atoms with van der Waals surface area (Å²) < 4.78 is 3.82.